The molecule has 0 radical (unpaired) electrons. The van der Waals surface area contributed by atoms with E-state index in [0.717, 1.165) is 64.2 Å². The summed E-state index contributed by atoms with van der Waals surface area (Å²) in [6.07, 6.45) is 50.8. The summed E-state index contributed by atoms with van der Waals surface area (Å²) in [5.74, 6) is -0.432. The van der Waals surface area contributed by atoms with Crippen molar-refractivity contribution in [2.24, 2.45) is 0 Å². The number of rotatable bonds is 50. The Morgan fingerprint density at radius 1 is 0.430 bits per heavy atom. The molecule has 0 aromatic rings. The van der Waals surface area contributed by atoms with Gasteiger partial charge in [-0.05, 0) is 64.2 Å². The smallest absolute Gasteiger partial charge is 0.306 e. The summed E-state index contributed by atoms with van der Waals surface area (Å²) in [6, 6.07) is 0. The fourth-order valence-corrected chi connectivity index (χ4v) is 9.45. The van der Waals surface area contributed by atoms with Gasteiger partial charge >= 0.3 is 5.97 Å². The van der Waals surface area contributed by atoms with E-state index >= 15 is 0 Å². The van der Waals surface area contributed by atoms with Crippen LogP contribution >= 0.6 is 0 Å². The van der Waals surface area contributed by atoms with Crippen molar-refractivity contribution < 1.29 is 69.0 Å². The number of aliphatic hydroxyl groups excluding tert-OH is 7. The standard InChI is InChI=1S/C65H112O14/c1-3-5-7-9-11-13-15-17-19-21-23-25-27-28-30-32-34-36-38-40-42-44-46-48-57(67)77-54(51-74-49-47-45-43-41-39-37-35-33-31-29-26-24-22-20-18-16-14-12-10-8-6-4-2)52-75-64-63(73)61(71)59(69)56(79-64)53-76-65-62(72)60(70)58(68)55(50-66)78-65/h5,7,11,13,17,19,23,25,28,30,34,36,40,42,54-56,58-66,68-73H,3-4,6,8-10,12,14-16,18,20-22,24,26-27,29,31-33,35,37-39,41,43-53H2,1-2H3/b7-5-,13-11-,19-17-,25-23-,30-28-,36-34-,42-40-. The molecule has 0 saturated carbocycles. The molecule has 2 rings (SSSR count). The van der Waals surface area contributed by atoms with Gasteiger partial charge in [-0.3, -0.25) is 4.79 Å². The van der Waals surface area contributed by atoms with Crippen molar-refractivity contribution in [3.63, 3.8) is 0 Å². The minimum absolute atomic E-state index is 0.0362. The van der Waals surface area contributed by atoms with Gasteiger partial charge < -0.3 is 64.2 Å². The second-order valence-electron chi connectivity index (χ2n) is 21.5. The maximum atomic E-state index is 13.1. The average Bonchev–Trinajstić information content (AvgIpc) is 3.46. The maximum absolute atomic E-state index is 13.1. The molecule has 2 aliphatic rings. The molecule has 2 heterocycles. The van der Waals surface area contributed by atoms with E-state index in [1.165, 1.54) is 122 Å². The number of hydrogen-bond acceptors (Lipinski definition) is 14. The lowest BCUT2D eigenvalue weighted by atomic mass is 9.98. The van der Waals surface area contributed by atoms with Gasteiger partial charge in [0.05, 0.1) is 26.4 Å². The Labute approximate surface area is 478 Å². The van der Waals surface area contributed by atoms with Crippen molar-refractivity contribution in [1.29, 1.82) is 0 Å². The lowest BCUT2D eigenvalue weighted by molar-refractivity contribution is -0.332. The van der Waals surface area contributed by atoms with Crippen LogP contribution in [-0.2, 0) is 33.2 Å². The number of ether oxygens (including phenoxy) is 6. The Kier molecular flexibility index (Phi) is 46.5. The van der Waals surface area contributed by atoms with E-state index in [9.17, 15) is 40.5 Å². The minimum atomic E-state index is -1.72. The topological polar surface area (TPSA) is 214 Å². The van der Waals surface area contributed by atoms with Crippen molar-refractivity contribution in [3.05, 3.63) is 85.1 Å². The van der Waals surface area contributed by atoms with E-state index < -0.39 is 86.7 Å². The lowest BCUT2D eigenvalue weighted by Crippen LogP contribution is -2.61. The molecule has 11 atom stereocenters. The maximum Gasteiger partial charge on any atom is 0.306 e. The Bertz CT molecular complexity index is 1630. The number of unbranched alkanes of at least 4 members (excludes halogenated alkanes) is 22. The largest absolute Gasteiger partial charge is 0.457 e. The van der Waals surface area contributed by atoms with Crippen LogP contribution < -0.4 is 0 Å². The molecule has 0 amide bonds. The van der Waals surface area contributed by atoms with Crippen LogP contribution in [0.4, 0.5) is 0 Å². The van der Waals surface area contributed by atoms with Crippen LogP contribution in [-0.4, -0.2) is 142 Å². The van der Waals surface area contributed by atoms with Gasteiger partial charge in [-0.2, -0.15) is 0 Å². The second kappa shape index (κ2) is 50.9. The third-order valence-corrected chi connectivity index (χ3v) is 14.4. The first kappa shape index (κ1) is 72.3. The summed E-state index contributed by atoms with van der Waals surface area (Å²) in [6.45, 7) is 3.52. The normalized spacial score (nSPS) is 24.6. The lowest BCUT2D eigenvalue weighted by Gasteiger charge is -2.42. The van der Waals surface area contributed by atoms with Crippen LogP contribution in [0, 0.1) is 0 Å². The highest BCUT2D eigenvalue weighted by Gasteiger charge is 2.47. The van der Waals surface area contributed by atoms with E-state index in [1.54, 1.807) is 0 Å². The first-order valence-electron chi connectivity index (χ1n) is 31.2. The van der Waals surface area contributed by atoms with Crippen molar-refractivity contribution in [1.82, 2.24) is 0 Å². The zero-order chi connectivity index (χ0) is 57.2. The fourth-order valence-electron chi connectivity index (χ4n) is 9.45. The molecule has 0 spiro atoms. The first-order chi connectivity index (χ1) is 38.6. The van der Waals surface area contributed by atoms with E-state index in [0.29, 0.717) is 19.4 Å². The summed E-state index contributed by atoms with van der Waals surface area (Å²) >= 11 is 0. The Morgan fingerprint density at radius 3 is 1.24 bits per heavy atom. The van der Waals surface area contributed by atoms with Crippen molar-refractivity contribution in [2.45, 2.75) is 287 Å². The quantitative estimate of drug-likeness (QED) is 0.0172. The van der Waals surface area contributed by atoms with Gasteiger partial charge in [-0.25, -0.2) is 0 Å². The van der Waals surface area contributed by atoms with Gasteiger partial charge in [0, 0.05) is 13.0 Å². The molecule has 0 aromatic carbocycles. The third-order valence-electron chi connectivity index (χ3n) is 14.4. The highest BCUT2D eigenvalue weighted by molar-refractivity contribution is 5.69. The fraction of sp³-hybridized carbons (Fsp3) is 0.769. The SMILES string of the molecule is CC/C=C\C/C=C\C/C=C\C/C=C\C/C=C\C/C=C\C/C=C\CCCC(=O)OC(COCCCCCCCCCCCCCCCCCCCCCCCC)COC1OC(COC2OC(CO)C(O)C(O)C2O)C(O)C(O)C1O. The van der Waals surface area contributed by atoms with E-state index in [2.05, 4.69) is 98.9 Å². The molecule has 2 aliphatic heterocycles. The first-order valence-corrected chi connectivity index (χ1v) is 31.2. The molecule has 2 saturated heterocycles. The average molecular weight is 1120 g/mol. The van der Waals surface area contributed by atoms with Crippen molar-refractivity contribution in [2.75, 3.05) is 33.0 Å². The van der Waals surface area contributed by atoms with Crippen LogP contribution in [0.3, 0.4) is 0 Å². The molecular formula is C65H112O14. The molecule has 0 aromatic heterocycles. The molecule has 14 heteroatoms. The molecule has 11 unspecified atom stereocenters. The van der Waals surface area contributed by atoms with Crippen LogP contribution in [0.1, 0.15) is 219 Å². The molecule has 7 N–H and O–H groups in total. The predicted molar refractivity (Wildman–Crippen MR) is 316 cm³/mol. The Balaban J connectivity index is 1.72. The molecule has 14 nitrogen and oxygen atoms in total. The van der Waals surface area contributed by atoms with Gasteiger partial charge in [0.2, 0.25) is 0 Å². The zero-order valence-electron chi connectivity index (χ0n) is 49.1. The van der Waals surface area contributed by atoms with Crippen LogP contribution in [0.2, 0.25) is 0 Å². The number of carbonyl (C=O) groups is 1. The monoisotopic (exact) mass is 1120 g/mol. The van der Waals surface area contributed by atoms with Gasteiger partial charge in [0.25, 0.3) is 0 Å². The van der Waals surface area contributed by atoms with Crippen LogP contribution in [0.25, 0.3) is 0 Å². The second-order valence-corrected chi connectivity index (χ2v) is 21.5. The highest BCUT2D eigenvalue weighted by atomic mass is 16.7. The van der Waals surface area contributed by atoms with Crippen molar-refractivity contribution in [3.8, 4) is 0 Å². The van der Waals surface area contributed by atoms with Crippen LogP contribution in [0.15, 0.2) is 85.1 Å². The van der Waals surface area contributed by atoms with Gasteiger partial charge in [0.1, 0.15) is 54.9 Å². The Morgan fingerprint density at radius 2 is 0.810 bits per heavy atom. The number of allylic oxidation sites excluding steroid dienone is 14. The van der Waals surface area contributed by atoms with Crippen molar-refractivity contribution >= 4 is 5.97 Å². The summed E-state index contributed by atoms with van der Waals surface area (Å²) in [5.41, 5.74) is 0. The summed E-state index contributed by atoms with van der Waals surface area (Å²) in [4.78, 5) is 13.1. The van der Waals surface area contributed by atoms with E-state index in [1.807, 2.05) is 0 Å². The number of esters is 1. The van der Waals surface area contributed by atoms with Gasteiger partial charge in [-0.1, -0.05) is 234 Å². The van der Waals surface area contributed by atoms with E-state index in [4.69, 9.17) is 28.4 Å². The highest BCUT2D eigenvalue weighted by Crippen LogP contribution is 2.27. The van der Waals surface area contributed by atoms with Crippen LogP contribution in [0.5, 0.6) is 0 Å². The number of hydrogen-bond donors (Lipinski definition) is 7. The molecular weight excluding hydrogens is 1000 g/mol. The molecule has 2 fully saturated rings. The minimum Gasteiger partial charge on any atom is -0.457 e. The van der Waals surface area contributed by atoms with Gasteiger partial charge in [0.15, 0.2) is 12.6 Å². The molecule has 0 aliphatic carbocycles. The van der Waals surface area contributed by atoms with Gasteiger partial charge in [-0.15, -0.1) is 0 Å². The number of carbonyl (C=O) groups excluding carboxylic acids is 1. The summed E-state index contributed by atoms with van der Waals surface area (Å²) < 4.78 is 34.4. The predicted octanol–water partition coefficient (Wildman–Crippen LogP) is 12.0. The molecule has 456 valence electrons. The zero-order valence-corrected chi connectivity index (χ0v) is 49.1. The third kappa shape index (κ3) is 37.1. The van der Waals surface area contributed by atoms with E-state index in [-0.39, 0.29) is 19.6 Å². The molecule has 79 heavy (non-hydrogen) atoms. The summed E-state index contributed by atoms with van der Waals surface area (Å²) in [7, 11) is 0. The summed E-state index contributed by atoms with van der Waals surface area (Å²) in [5, 5.41) is 72.4. The molecule has 0 bridgehead atoms. The Hall–Kier alpha value is -2.83. The number of aliphatic hydroxyl groups is 7.